The first-order valence-corrected chi connectivity index (χ1v) is 6.66. The molecule has 4 aromatic rings. The molecule has 3 aromatic heterocycles. The lowest BCUT2D eigenvalue weighted by molar-refractivity contribution is 1.20. The van der Waals surface area contributed by atoms with Gasteiger partial charge in [0, 0.05) is 11.9 Å². The van der Waals surface area contributed by atoms with Crippen molar-refractivity contribution in [3.63, 3.8) is 0 Å². The monoisotopic (exact) mass is 267 g/mol. The molecule has 19 heavy (non-hydrogen) atoms. The topological polar surface area (TPSA) is 66.5 Å². The highest BCUT2D eigenvalue weighted by atomic mass is 32.1. The molecule has 0 fully saturated rings. The number of aromatic nitrogens is 4. The Bertz CT molecular complexity index is 863. The summed E-state index contributed by atoms with van der Waals surface area (Å²) in [5.41, 5.74) is 4.64. The minimum absolute atomic E-state index is 0.792. The zero-order chi connectivity index (χ0) is 12.7. The molecule has 0 saturated heterocycles. The molecular weight excluding hydrogens is 258 g/mol. The van der Waals surface area contributed by atoms with Crippen LogP contribution in [0.4, 0.5) is 11.5 Å². The largest absolute Gasteiger partial charge is 0.346 e. The van der Waals surface area contributed by atoms with Gasteiger partial charge in [-0.3, -0.25) is 0 Å². The lowest BCUT2D eigenvalue weighted by Crippen LogP contribution is -1.94. The van der Waals surface area contributed by atoms with E-state index in [1.165, 1.54) is 4.70 Å². The molecule has 0 aliphatic heterocycles. The molecule has 0 atom stereocenters. The van der Waals surface area contributed by atoms with Crippen molar-refractivity contribution < 1.29 is 0 Å². The number of thiazole rings is 1. The first kappa shape index (κ1) is 10.5. The third kappa shape index (κ3) is 1.73. The lowest BCUT2D eigenvalue weighted by atomic mass is 10.3. The van der Waals surface area contributed by atoms with Gasteiger partial charge in [0.25, 0.3) is 0 Å². The van der Waals surface area contributed by atoms with E-state index in [4.69, 9.17) is 0 Å². The number of nitrogens with one attached hydrogen (secondary N) is 2. The van der Waals surface area contributed by atoms with Crippen LogP contribution < -0.4 is 5.32 Å². The van der Waals surface area contributed by atoms with Gasteiger partial charge in [0.2, 0.25) is 0 Å². The average Bonchev–Trinajstić information content (AvgIpc) is 3.06. The Balaban J connectivity index is 1.79. The highest BCUT2D eigenvalue weighted by molar-refractivity contribution is 7.16. The molecule has 0 saturated carbocycles. The number of fused-ring (bicyclic) bond motifs is 2. The summed E-state index contributed by atoms with van der Waals surface area (Å²) in [6.07, 6.45) is 3.40. The minimum Gasteiger partial charge on any atom is -0.346 e. The third-order valence-electron chi connectivity index (χ3n) is 2.95. The number of hydrogen-bond acceptors (Lipinski definition) is 5. The van der Waals surface area contributed by atoms with Crippen molar-refractivity contribution in [3.8, 4) is 0 Å². The van der Waals surface area contributed by atoms with Gasteiger partial charge in [-0.15, -0.1) is 11.3 Å². The molecule has 0 aliphatic carbocycles. The van der Waals surface area contributed by atoms with Crippen molar-refractivity contribution in [1.29, 1.82) is 0 Å². The molecule has 6 heteroatoms. The molecule has 4 rings (SSSR count). The summed E-state index contributed by atoms with van der Waals surface area (Å²) in [6.45, 7) is 0. The second kappa shape index (κ2) is 4.03. The third-order valence-corrected chi connectivity index (χ3v) is 3.76. The van der Waals surface area contributed by atoms with Crippen LogP contribution in [-0.4, -0.2) is 19.9 Å². The van der Waals surface area contributed by atoms with Crippen LogP contribution in [0, 0.1) is 0 Å². The van der Waals surface area contributed by atoms with Crippen molar-refractivity contribution in [1.82, 2.24) is 19.9 Å². The van der Waals surface area contributed by atoms with Crippen LogP contribution in [0.5, 0.6) is 0 Å². The predicted octanol–water partition coefficient (Wildman–Crippen LogP) is 3.31. The van der Waals surface area contributed by atoms with Crippen LogP contribution in [0.1, 0.15) is 0 Å². The van der Waals surface area contributed by atoms with Crippen molar-refractivity contribution in [2.75, 3.05) is 5.32 Å². The van der Waals surface area contributed by atoms with Gasteiger partial charge in [0.05, 0.1) is 21.1 Å². The van der Waals surface area contributed by atoms with Gasteiger partial charge < -0.3 is 10.3 Å². The van der Waals surface area contributed by atoms with Crippen LogP contribution in [0.3, 0.4) is 0 Å². The van der Waals surface area contributed by atoms with Crippen LogP contribution >= 0.6 is 11.3 Å². The molecule has 1 aromatic carbocycles. The van der Waals surface area contributed by atoms with E-state index < -0.39 is 0 Å². The second-order valence-electron chi connectivity index (χ2n) is 4.12. The molecule has 5 nitrogen and oxygen atoms in total. The Morgan fingerprint density at radius 1 is 1.11 bits per heavy atom. The van der Waals surface area contributed by atoms with Crippen molar-refractivity contribution in [2.24, 2.45) is 0 Å². The summed E-state index contributed by atoms with van der Waals surface area (Å²) in [5.74, 6) is 0.792. The highest BCUT2D eigenvalue weighted by Crippen LogP contribution is 2.25. The summed E-state index contributed by atoms with van der Waals surface area (Å²) >= 11 is 1.64. The maximum Gasteiger partial charge on any atom is 0.143 e. The Morgan fingerprint density at radius 2 is 2.11 bits per heavy atom. The molecule has 0 aliphatic rings. The average molecular weight is 267 g/mol. The molecule has 0 bridgehead atoms. The van der Waals surface area contributed by atoms with Crippen LogP contribution in [0.15, 0.2) is 42.3 Å². The molecule has 0 unspecified atom stereocenters. The van der Waals surface area contributed by atoms with Crippen molar-refractivity contribution in [2.45, 2.75) is 0 Å². The quantitative estimate of drug-likeness (QED) is 0.584. The van der Waals surface area contributed by atoms with E-state index in [9.17, 15) is 0 Å². The second-order valence-corrected chi connectivity index (χ2v) is 5.01. The molecule has 2 N–H and O–H groups in total. The normalized spacial score (nSPS) is 11.2. The molecular formula is C13H9N5S. The van der Waals surface area contributed by atoms with Crippen LogP contribution in [0.25, 0.3) is 21.3 Å². The maximum atomic E-state index is 4.31. The summed E-state index contributed by atoms with van der Waals surface area (Å²) in [6, 6.07) is 8.07. The maximum absolute atomic E-state index is 4.31. The fraction of sp³-hybridized carbons (Fsp3) is 0. The van der Waals surface area contributed by atoms with E-state index in [2.05, 4.69) is 31.3 Å². The van der Waals surface area contributed by atoms with Gasteiger partial charge >= 0.3 is 0 Å². The lowest BCUT2D eigenvalue weighted by Gasteiger charge is -2.06. The number of anilines is 2. The van der Waals surface area contributed by atoms with E-state index >= 15 is 0 Å². The van der Waals surface area contributed by atoms with Gasteiger partial charge in [0.1, 0.15) is 17.8 Å². The van der Waals surface area contributed by atoms with E-state index in [0.29, 0.717) is 0 Å². The van der Waals surface area contributed by atoms with E-state index in [-0.39, 0.29) is 0 Å². The zero-order valence-electron chi connectivity index (χ0n) is 9.79. The van der Waals surface area contributed by atoms with E-state index in [1.54, 1.807) is 17.7 Å². The molecule has 0 spiro atoms. The standard InChI is InChI=1S/C13H9N5S/c1-2-11-10(17-7-19-11)5-8(1)18-13-9-3-4-14-12(9)15-6-16-13/h1-7H,(H2,14,15,16,18). The summed E-state index contributed by atoms with van der Waals surface area (Å²) < 4.78 is 1.18. The van der Waals surface area contributed by atoms with Crippen molar-refractivity contribution >= 4 is 44.1 Å². The van der Waals surface area contributed by atoms with Gasteiger partial charge in [-0.05, 0) is 24.3 Å². The first-order valence-electron chi connectivity index (χ1n) is 5.78. The fourth-order valence-corrected chi connectivity index (χ4v) is 2.70. The highest BCUT2D eigenvalue weighted by Gasteiger charge is 2.05. The molecule has 3 heterocycles. The van der Waals surface area contributed by atoms with E-state index in [0.717, 1.165) is 28.1 Å². The molecule has 0 amide bonds. The van der Waals surface area contributed by atoms with Gasteiger partial charge in [0.15, 0.2) is 0 Å². The summed E-state index contributed by atoms with van der Waals surface area (Å²) in [4.78, 5) is 15.8. The zero-order valence-corrected chi connectivity index (χ0v) is 10.6. The minimum atomic E-state index is 0.792. The van der Waals surface area contributed by atoms with Gasteiger partial charge in [-0.2, -0.15) is 0 Å². The predicted molar refractivity (Wildman–Crippen MR) is 76.8 cm³/mol. The van der Waals surface area contributed by atoms with Crippen LogP contribution in [-0.2, 0) is 0 Å². The summed E-state index contributed by atoms with van der Waals surface area (Å²) in [5, 5.41) is 4.28. The van der Waals surface area contributed by atoms with Gasteiger partial charge in [-0.25, -0.2) is 15.0 Å². The van der Waals surface area contributed by atoms with E-state index in [1.807, 2.05) is 29.9 Å². The summed E-state index contributed by atoms with van der Waals surface area (Å²) in [7, 11) is 0. The number of hydrogen-bond donors (Lipinski definition) is 2. The number of nitrogens with zero attached hydrogens (tertiary/aromatic N) is 3. The van der Waals surface area contributed by atoms with Crippen LogP contribution in [0.2, 0.25) is 0 Å². The first-order chi connectivity index (χ1) is 9.40. The smallest absolute Gasteiger partial charge is 0.143 e. The Labute approximate surface area is 112 Å². The Morgan fingerprint density at radius 3 is 3.11 bits per heavy atom. The number of aromatic amines is 1. The SMILES string of the molecule is c1nc(Nc2ccc3scnc3c2)c2cc[nH]c2n1. The van der Waals surface area contributed by atoms with Crippen molar-refractivity contribution in [3.05, 3.63) is 42.3 Å². The Hall–Kier alpha value is -2.47. The Kier molecular flexibility index (Phi) is 2.22. The van der Waals surface area contributed by atoms with Gasteiger partial charge in [-0.1, -0.05) is 0 Å². The molecule has 92 valence electrons. The number of H-pyrrole nitrogens is 1. The fourth-order valence-electron chi connectivity index (χ4n) is 2.04. The molecule has 0 radical (unpaired) electrons. The number of benzene rings is 1. The number of rotatable bonds is 2.